The summed E-state index contributed by atoms with van der Waals surface area (Å²) in [5.41, 5.74) is 1.03. The Morgan fingerprint density at radius 1 is 1.09 bits per heavy atom. The summed E-state index contributed by atoms with van der Waals surface area (Å²) in [5.74, 6) is 1.92. The van der Waals surface area contributed by atoms with Crippen molar-refractivity contribution in [1.29, 1.82) is 0 Å². The molecule has 2 aromatic rings. The largest absolute Gasteiger partial charge is 0.497 e. The van der Waals surface area contributed by atoms with Gasteiger partial charge in [0.1, 0.15) is 5.75 Å². The molecule has 1 aromatic carbocycles. The Bertz CT molecular complexity index is 886. The van der Waals surface area contributed by atoms with Crippen molar-refractivity contribution in [2.45, 2.75) is 62.4 Å². The molecule has 174 valence electrons. The maximum Gasteiger partial charge on any atom is 0.235 e. The van der Waals surface area contributed by atoms with Gasteiger partial charge >= 0.3 is 0 Å². The first-order chi connectivity index (χ1) is 15.6. The minimum absolute atomic E-state index is 0.182. The Kier molecular flexibility index (Phi) is 7.73. The lowest BCUT2D eigenvalue weighted by Crippen LogP contribution is -2.50. The quantitative estimate of drug-likeness (QED) is 0.583. The highest BCUT2D eigenvalue weighted by Crippen LogP contribution is 2.37. The number of methoxy groups -OCH3 is 1. The molecular formula is C24H35N5O2S. The molecule has 0 radical (unpaired) electrons. The van der Waals surface area contributed by atoms with E-state index in [0.717, 1.165) is 67.9 Å². The second-order valence-electron chi connectivity index (χ2n) is 8.72. The van der Waals surface area contributed by atoms with Crippen LogP contribution in [0.25, 0.3) is 11.4 Å². The van der Waals surface area contributed by atoms with Crippen molar-refractivity contribution in [2.75, 3.05) is 39.8 Å². The molecule has 1 amide bonds. The van der Waals surface area contributed by atoms with Crippen molar-refractivity contribution in [3.05, 3.63) is 24.3 Å². The van der Waals surface area contributed by atoms with Gasteiger partial charge in [-0.15, -0.1) is 10.2 Å². The lowest BCUT2D eigenvalue weighted by atomic mass is 9.95. The van der Waals surface area contributed by atoms with Crippen LogP contribution in [0.3, 0.4) is 0 Å². The predicted octanol–water partition coefficient (Wildman–Crippen LogP) is 4.10. The fourth-order valence-corrected chi connectivity index (χ4v) is 5.72. The first-order valence-corrected chi connectivity index (χ1v) is 12.8. The van der Waals surface area contributed by atoms with Gasteiger partial charge in [0.05, 0.1) is 12.4 Å². The molecule has 2 fully saturated rings. The van der Waals surface area contributed by atoms with Crippen LogP contribution >= 0.6 is 11.8 Å². The summed E-state index contributed by atoms with van der Waals surface area (Å²) in [4.78, 5) is 17.5. The second-order valence-corrected chi connectivity index (χ2v) is 10.0. The van der Waals surface area contributed by atoms with Crippen LogP contribution in [-0.2, 0) is 4.79 Å². The lowest BCUT2D eigenvalue weighted by Gasteiger charge is -2.35. The Morgan fingerprint density at radius 3 is 2.41 bits per heavy atom. The molecular weight excluding hydrogens is 422 g/mol. The lowest BCUT2D eigenvalue weighted by molar-refractivity contribution is -0.132. The molecule has 4 rings (SSSR count). The molecule has 0 unspecified atom stereocenters. The number of benzene rings is 1. The molecule has 7 nitrogen and oxygen atoms in total. The molecule has 0 N–H and O–H groups in total. The molecule has 1 aliphatic carbocycles. The minimum atomic E-state index is -0.182. The monoisotopic (exact) mass is 457 g/mol. The first kappa shape index (κ1) is 23.1. The third kappa shape index (κ3) is 5.12. The highest BCUT2D eigenvalue weighted by Gasteiger charge is 2.29. The van der Waals surface area contributed by atoms with Crippen LogP contribution < -0.4 is 4.74 Å². The van der Waals surface area contributed by atoms with Gasteiger partial charge in [-0.05, 0) is 50.6 Å². The smallest absolute Gasteiger partial charge is 0.235 e. The second kappa shape index (κ2) is 10.7. The summed E-state index contributed by atoms with van der Waals surface area (Å²) in [5, 5.41) is 9.83. The normalized spacial score (nSPS) is 19.2. The van der Waals surface area contributed by atoms with Crippen LogP contribution in [0.2, 0.25) is 0 Å². The van der Waals surface area contributed by atoms with E-state index in [-0.39, 0.29) is 11.2 Å². The summed E-state index contributed by atoms with van der Waals surface area (Å²) >= 11 is 1.56. The van der Waals surface area contributed by atoms with E-state index >= 15 is 0 Å². The molecule has 1 saturated carbocycles. The minimum Gasteiger partial charge on any atom is -0.497 e. The maximum atomic E-state index is 13.1. The molecule has 1 saturated heterocycles. The molecule has 1 atom stereocenters. The van der Waals surface area contributed by atoms with Gasteiger partial charge in [-0.1, -0.05) is 37.9 Å². The maximum absolute atomic E-state index is 13.1. The molecule has 32 heavy (non-hydrogen) atoms. The standard InChI is InChI=1S/C24H35N5O2S/c1-4-27-14-16-28(17-15-27)23(30)18(2)32-24-26-25-22(19-10-12-21(31-3)13-11-19)29(24)20-8-6-5-7-9-20/h10-13,18,20H,4-9,14-17H2,1-3H3/t18-/m0/s1. The number of likely N-dealkylation sites (N-methyl/N-ethyl adjacent to an activating group) is 1. The van der Waals surface area contributed by atoms with Gasteiger partial charge in [0.2, 0.25) is 5.91 Å². The zero-order valence-corrected chi connectivity index (χ0v) is 20.3. The number of nitrogens with zero attached hydrogens (tertiary/aromatic N) is 5. The molecule has 2 heterocycles. The summed E-state index contributed by atoms with van der Waals surface area (Å²) in [6, 6.07) is 8.39. The van der Waals surface area contributed by atoms with Crippen LogP contribution in [0.5, 0.6) is 5.75 Å². The average Bonchev–Trinajstić information content (AvgIpc) is 3.27. The van der Waals surface area contributed by atoms with E-state index in [1.54, 1.807) is 18.9 Å². The Morgan fingerprint density at radius 2 is 1.78 bits per heavy atom. The van der Waals surface area contributed by atoms with Gasteiger partial charge in [-0.3, -0.25) is 9.36 Å². The Hall–Kier alpha value is -2.06. The first-order valence-electron chi connectivity index (χ1n) is 11.9. The SMILES string of the molecule is CCN1CCN(C(=O)[C@H](C)Sc2nnc(-c3ccc(OC)cc3)n2C2CCCCC2)CC1. The van der Waals surface area contributed by atoms with E-state index in [1.165, 1.54) is 19.3 Å². The van der Waals surface area contributed by atoms with E-state index in [2.05, 4.69) is 26.6 Å². The zero-order valence-electron chi connectivity index (χ0n) is 19.5. The van der Waals surface area contributed by atoms with Crippen molar-refractivity contribution in [3.63, 3.8) is 0 Å². The van der Waals surface area contributed by atoms with Crippen molar-refractivity contribution < 1.29 is 9.53 Å². The van der Waals surface area contributed by atoms with Crippen LogP contribution in [0, 0.1) is 0 Å². The van der Waals surface area contributed by atoms with Gasteiger partial charge in [-0.2, -0.15) is 0 Å². The van der Waals surface area contributed by atoms with Gasteiger partial charge in [0.15, 0.2) is 11.0 Å². The van der Waals surface area contributed by atoms with E-state index in [4.69, 9.17) is 4.74 Å². The van der Waals surface area contributed by atoms with Crippen molar-refractivity contribution in [1.82, 2.24) is 24.6 Å². The van der Waals surface area contributed by atoms with Gasteiger partial charge in [-0.25, -0.2) is 0 Å². The van der Waals surface area contributed by atoms with Crippen LogP contribution in [-0.4, -0.2) is 75.6 Å². The number of aromatic nitrogens is 3. The average molecular weight is 458 g/mol. The number of hydrogen-bond acceptors (Lipinski definition) is 6. The molecule has 1 aromatic heterocycles. The fourth-order valence-electron chi connectivity index (χ4n) is 4.71. The van der Waals surface area contributed by atoms with Crippen LogP contribution in [0.1, 0.15) is 52.0 Å². The fraction of sp³-hybridized carbons (Fsp3) is 0.625. The zero-order chi connectivity index (χ0) is 22.5. The van der Waals surface area contributed by atoms with Crippen molar-refractivity contribution in [2.24, 2.45) is 0 Å². The number of piperazine rings is 1. The summed E-state index contributed by atoms with van der Waals surface area (Å²) in [6.45, 7) is 8.76. The Labute approximate surface area is 195 Å². The summed E-state index contributed by atoms with van der Waals surface area (Å²) in [7, 11) is 1.68. The number of thioether (sulfide) groups is 1. The molecule has 0 spiro atoms. The van der Waals surface area contributed by atoms with Crippen molar-refractivity contribution in [3.8, 4) is 17.1 Å². The number of amides is 1. The van der Waals surface area contributed by atoms with E-state index in [1.807, 2.05) is 36.1 Å². The topological polar surface area (TPSA) is 63.5 Å². The predicted molar refractivity (Wildman–Crippen MR) is 128 cm³/mol. The molecule has 0 bridgehead atoms. The number of rotatable bonds is 7. The summed E-state index contributed by atoms with van der Waals surface area (Å²) < 4.78 is 7.61. The molecule has 1 aliphatic heterocycles. The van der Waals surface area contributed by atoms with Crippen molar-refractivity contribution >= 4 is 17.7 Å². The third-order valence-electron chi connectivity index (χ3n) is 6.71. The van der Waals surface area contributed by atoms with Gasteiger partial charge in [0.25, 0.3) is 0 Å². The summed E-state index contributed by atoms with van der Waals surface area (Å²) in [6.07, 6.45) is 6.01. The van der Waals surface area contributed by atoms with Gasteiger partial charge < -0.3 is 14.5 Å². The van der Waals surface area contributed by atoms with E-state index in [9.17, 15) is 4.79 Å². The highest BCUT2D eigenvalue weighted by molar-refractivity contribution is 8.00. The molecule has 8 heteroatoms. The third-order valence-corrected chi connectivity index (χ3v) is 7.76. The Balaban J connectivity index is 1.54. The van der Waals surface area contributed by atoms with Gasteiger partial charge in [0, 0.05) is 37.8 Å². The van der Waals surface area contributed by atoms with E-state index in [0.29, 0.717) is 6.04 Å². The highest BCUT2D eigenvalue weighted by atomic mass is 32.2. The number of carbonyl (C=O) groups is 1. The van der Waals surface area contributed by atoms with Crippen LogP contribution in [0.4, 0.5) is 0 Å². The van der Waals surface area contributed by atoms with E-state index < -0.39 is 0 Å². The number of hydrogen-bond donors (Lipinski definition) is 0. The van der Waals surface area contributed by atoms with Crippen LogP contribution in [0.15, 0.2) is 29.4 Å². The number of ether oxygens (including phenoxy) is 1. The molecule has 2 aliphatic rings. The number of carbonyl (C=O) groups excluding carboxylic acids is 1.